The number of halogens is 1. The summed E-state index contributed by atoms with van der Waals surface area (Å²) in [6.07, 6.45) is 1.67. The van der Waals surface area contributed by atoms with E-state index in [2.05, 4.69) is 15.5 Å². The first-order valence-electron chi connectivity index (χ1n) is 5.23. The summed E-state index contributed by atoms with van der Waals surface area (Å²) in [5, 5.41) is 21.8. The van der Waals surface area contributed by atoms with Crippen LogP contribution in [0.25, 0.3) is 10.8 Å². The van der Waals surface area contributed by atoms with Crippen molar-refractivity contribution in [3.63, 3.8) is 0 Å². The molecule has 7 heteroatoms. The molecule has 0 unspecified atom stereocenters. The number of hydrazone groups is 1. The summed E-state index contributed by atoms with van der Waals surface area (Å²) in [5.74, 6) is -0.386. The maximum absolute atomic E-state index is 8.72. The van der Waals surface area contributed by atoms with Gasteiger partial charge in [-0.3, -0.25) is 10.8 Å². The van der Waals surface area contributed by atoms with Gasteiger partial charge < -0.3 is 5.73 Å². The highest BCUT2D eigenvalue weighted by Crippen LogP contribution is 2.20. The van der Waals surface area contributed by atoms with Gasteiger partial charge in [0.1, 0.15) is 11.2 Å². The van der Waals surface area contributed by atoms with Crippen LogP contribution in [-0.2, 0) is 0 Å². The van der Waals surface area contributed by atoms with Crippen LogP contribution in [0.3, 0.4) is 0 Å². The van der Waals surface area contributed by atoms with Crippen molar-refractivity contribution >= 4 is 39.6 Å². The summed E-state index contributed by atoms with van der Waals surface area (Å²) in [7, 11) is 0. The Morgan fingerprint density at radius 2 is 2.21 bits per heavy atom. The van der Waals surface area contributed by atoms with Crippen molar-refractivity contribution in [3.8, 4) is 6.07 Å². The van der Waals surface area contributed by atoms with Gasteiger partial charge >= 0.3 is 0 Å². The van der Waals surface area contributed by atoms with Gasteiger partial charge in [0, 0.05) is 11.6 Å². The van der Waals surface area contributed by atoms with Crippen LogP contribution in [0.5, 0.6) is 0 Å². The Morgan fingerprint density at radius 3 is 2.89 bits per heavy atom. The Kier molecular flexibility index (Phi) is 3.59. The van der Waals surface area contributed by atoms with Crippen molar-refractivity contribution in [2.24, 2.45) is 10.8 Å². The fourth-order valence-electron chi connectivity index (χ4n) is 1.45. The standard InChI is InChI=1S/C12H9ClN6/c13-11-4-8-3-9(2-1-7(8)6-17-11)18-19-10(5-14)12(15)16/h1-4,6,18H,(H3,15,16)/b19-10+. The summed E-state index contributed by atoms with van der Waals surface area (Å²) < 4.78 is 0. The van der Waals surface area contributed by atoms with Crippen LogP contribution in [0.1, 0.15) is 0 Å². The summed E-state index contributed by atoms with van der Waals surface area (Å²) in [4.78, 5) is 3.98. The molecule has 0 amide bonds. The number of pyridine rings is 1. The lowest BCUT2D eigenvalue weighted by atomic mass is 10.1. The second-order valence-electron chi connectivity index (χ2n) is 3.67. The molecule has 0 aliphatic heterocycles. The lowest BCUT2D eigenvalue weighted by Crippen LogP contribution is -2.21. The van der Waals surface area contributed by atoms with E-state index in [-0.39, 0.29) is 11.5 Å². The molecule has 0 radical (unpaired) electrons. The van der Waals surface area contributed by atoms with E-state index in [1.165, 1.54) is 0 Å². The van der Waals surface area contributed by atoms with Gasteiger partial charge in [0.2, 0.25) is 5.71 Å². The highest BCUT2D eigenvalue weighted by atomic mass is 35.5. The number of fused-ring (bicyclic) bond motifs is 1. The quantitative estimate of drug-likeness (QED) is 0.344. The van der Waals surface area contributed by atoms with Crippen molar-refractivity contribution in [1.82, 2.24) is 4.98 Å². The molecule has 0 saturated heterocycles. The summed E-state index contributed by atoms with van der Waals surface area (Å²) >= 11 is 5.82. The van der Waals surface area contributed by atoms with Gasteiger partial charge in [0.25, 0.3) is 0 Å². The Hall–Kier alpha value is -2.65. The smallest absolute Gasteiger partial charge is 0.201 e. The third-order valence-electron chi connectivity index (χ3n) is 2.35. The zero-order valence-electron chi connectivity index (χ0n) is 9.68. The predicted octanol–water partition coefficient (Wildman–Crippen LogP) is 2.12. The van der Waals surface area contributed by atoms with Gasteiger partial charge in [-0.25, -0.2) is 4.98 Å². The monoisotopic (exact) mass is 272 g/mol. The molecule has 94 valence electrons. The molecular weight excluding hydrogens is 264 g/mol. The fraction of sp³-hybridized carbons (Fsp3) is 0. The number of nitrogens with one attached hydrogen (secondary N) is 2. The van der Waals surface area contributed by atoms with E-state index in [1.807, 2.05) is 12.1 Å². The number of aromatic nitrogens is 1. The third-order valence-corrected chi connectivity index (χ3v) is 2.55. The lowest BCUT2D eigenvalue weighted by molar-refractivity contribution is 1.33. The fourth-order valence-corrected chi connectivity index (χ4v) is 1.62. The lowest BCUT2D eigenvalue weighted by Gasteiger charge is -2.03. The summed E-state index contributed by atoms with van der Waals surface area (Å²) in [5.41, 5.74) is 8.34. The molecule has 2 aromatic rings. The number of anilines is 1. The minimum atomic E-state index is -0.386. The van der Waals surface area contributed by atoms with E-state index in [9.17, 15) is 0 Å². The van der Waals surface area contributed by atoms with E-state index < -0.39 is 0 Å². The molecule has 0 bridgehead atoms. The molecule has 1 aromatic heterocycles. The molecule has 0 aliphatic carbocycles. The zero-order chi connectivity index (χ0) is 13.8. The zero-order valence-corrected chi connectivity index (χ0v) is 10.4. The number of amidine groups is 1. The highest BCUT2D eigenvalue weighted by molar-refractivity contribution is 6.45. The molecule has 4 N–H and O–H groups in total. The molecular formula is C12H9ClN6. The van der Waals surface area contributed by atoms with Gasteiger partial charge in [-0.2, -0.15) is 10.4 Å². The highest BCUT2D eigenvalue weighted by Gasteiger charge is 2.02. The van der Waals surface area contributed by atoms with Crippen molar-refractivity contribution in [3.05, 3.63) is 35.6 Å². The first-order valence-corrected chi connectivity index (χ1v) is 5.61. The van der Waals surface area contributed by atoms with Gasteiger partial charge in [-0.15, -0.1) is 0 Å². The normalized spacial score (nSPS) is 11.1. The number of nitriles is 1. The summed E-state index contributed by atoms with van der Waals surface area (Å²) in [6, 6.07) is 8.87. The van der Waals surface area contributed by atoms with Gasteiger partial charge in [0.05, 0.1) is 5.69 Å². The maximum atomic E-state index is 8.72. The summed E-state index contributed by atoms with van der Waals surface area (Å²) in [6.45, 7) is 0. The molecule has 0 saturated carbocycles. The maximum Gasteiger partial charge on any atom is 0.201 e. The van der Waals surface area contributed by atoms with Crippen LogP contribution < -0.4 is 11.2 Å². The van der Waals surface area contributed by atoms with Gasteiger partial charge in [-0.05, 0) is 23.6 Å². The average Bonchev–Trinajstić information content (AvgIpc) is 2.38. The molecule has 1 aromatic carbocycles. The van der Waals surface area contributed by atoms with Gasteiger partial charge in [-0.1, -0.05) is 17.7 Å². The number of benzene rings is 1. The first kappa shape index (κ1) is 12.8. The minimum Gasteiger partial charge on any atom is -0.382 e. The number of rotatable bonds is 3. The Morgan fingerprint density at radius 1 is 1.42 bits per heavy atom. The molecule has 2 rings (SSSR count). The van der Waals surface area contributed by atoms with E-state index in [0.717, 1.165) is 10.8 Å². The second kappa shape index (κ2) is 5.33. The minimum absolute atomic E-state index is 0.173. The Bertz CT molecular complexity index is 716. The van der Waals surface area contributed by atoms with E-state index >= 15 is 0 Å². The second-order valence-corrected chi connectivity index (χ2v) is 4.05. The van der Waals surface area contributed by atoms with Crippen molar-refractivity contribution in [2.75, 3.05) is 5.43 Å². The molecule has 19 heavy (non-hydrogen) atoms. The van der Waals surface area contributed by atoms with Crippen LogP contribution in [0, 0.1) is 16.7 Å². The number of nitrogens with two attached hydrogens (primary N) is 1. The molecule has 0 atom stereocenters. The van der Waals surface area contributed by atoms with Crippen LogP contribution in [0.15, 0.2) is 35.6 Å². The van der Waals surface area contributed by atoms with Gasteiger partial charge in [0.15, 0.2) is 5.84 Å². The molecule has 0 spiro atoms. The van der Waals surface area contributed by atoms with Crippen LogP contribution >= 0.6 is 11.6 Å². The third kappa shape index (κ3) is 2.97. The predicted molar refractivity (Wildman–Crippen MR) is 75.3 cm³/mol. The Labute approximate surface area is 114 Å². The molecule has 0 aliphatic rings. The molecule has 1 heterocycles. The van der Waals surface area contributed by atoms with E-state index in [0.29, 0.717) is 10.8 Å². The number of hydrogen-bond acceptors (Lipinski definition) is 5. The number of nitrogens with zero attached hydrogens (tertiary/aromatic N) is 3. The average molecular weight is 273 g/mol. The van der Waals surface area contributed by atoms with Crippen LogP contribution in [-0.4, -0.2) is 16.5 Å². The largest absolute Gasteiger partial charge is 0.382 e. The number of hydrogen-bond donors (Lipinski definition) is 3. The van der Waals surface area contributed by atoms with E-state index in [4.69, 9.17) is 28.0 Å². The molecule has 6 nitrogen and oxygen atoms in total. The topological polar surface area (TPSA) is 111 Å². The Balaban J connectivity index is 2.32. The van der Waals surface area contributed by atoms with E-state index in [1.54, 1.807) is 24.4 Å². The van der Waals surface area contributed by atoms with Crippen molar-refractivity contribution in [1.29, 1.82) is 10.7 Å². The van der Waals surface area contributed by atoms with Crippen molar-refractivity contribution < 1.29 is 0 Å². The van der Waals surface area contributed by atoms with Crippen LogP contribution in [0.4, 0.5) is 5.69 Å². The SMILES string of the molecule is N#C/C(=N\Nc1ccc2cnc(Cl)cc2c1)C(=N)N. The van der Waals surface area contributed by atoms with Crippen molar-refractivity contribution in [2.45, 2.75) is 0 Å². The first-order chi connectivity index (χ1) is 9.10. The van der Waals surface area contributed by atoms with Crippen LogP contribution in [0.2, 0.25) is 5.15 Å². The molecule has 0 fully saturated rings.